The van der Waals surface area contributed by atoms with Crippen molar-refractivity contribution in [1.82, 2.24) is 9.88 Å². The third kappa shape index (κ3) is 3.96. The fourth-order valence-corrected chi connectivity index (χ4v) is 1.56. The highest BCUT2D eigenvalue weighted by Gasteiger charge is 2.17. The van der Waals surface area contributed by atoms with Crippen LogP contribution in [0.1, 0.15) is 10.4 Å². The SMILES string of the molecule is COCCN(CCO)C(=O)c1ccncc1Cl. The first kappa shape index (κ1) is 13.9. The molecule has 0 saturated carbocycles. The summed E-state index contributed by atoms with van der Waals surface area (Å²) in [7, 11) is 1.56. The molecular formula is C11H15ClN2O3. The number of hydrogen-bond donors (Lipinski definition) is 1. The van der Waals surface area contributed by atoms with Gasteiger partial charge < -0.3 is 14.7 Å². The first-order chi connectivity index (χ1) is 8.20. The van der Waals surface area contributed by atoms with Crippen molar-refractivity contribution < 1.29 is 14.6 Å². The number of carbonyl (C=O) groups is 1. The van der Waals surface area contributed by atoms with Crippen LogP contribution in [0.15, 0.2) is 18.5 Å². The van der Waals surface area contributed by atoms with Gasteiger partial charge in [0, 0.05) is 32.6 Å². The van der Waals surface area contributed by atoms with Crippen LogP contribution >= 0.6 is 11.6 Å². The third-order valence-electron chi connectivity index (χ3n) is 2.23. The van der Waals surface area contributed by atoms with Gasteiger partial charge in [-0.1, -0.05) is 11.6 Å². The summed E-state index contributed by atoms with van der Waals surface area (Å²) in [6.45, 7) is 0.974. The zero-order chi connectivity index (χ0) is 12.7. The highest BCUT2D eigenvalue weighted by Crippen LogP contribution is 2.15. The Morgan fingerprint density at radius 3 is 2.94 bits per heavy atom. The van der Waals surface area contributed by atoms with E-state index in [-0.39, 0.29) is 19.1 Å². The quantitative estimate of drug-likeness (QED) is 0.821. The number of methoxy groups -OCH3 is 1. The fourth-order valence-electron chi connectivity index (χ4n) is 1.36. The molecule has 17 heavy (non-hydrogen) atoms. The Kier molecular flexibility index (Phi) is 5.90. The largest absolute Gasteiger partial charge is 0.395 e. The minimum atomic E-state index is -0.233. The zero-order valence-electron chi connectivity index (χ0n) is 9.60. The van der Waals surface area contributed by atoms with Gasteiger partial charge in [0.25, 0.3) is 5.91 Å². The highest BCUT2D eigenvalue weighted by molar-refractivity contribution is 6.33. The molecule has 6 heteroatoms. The number of aliphatic hydroxyl groups excluding tert-OH is 1. The number of pyridine rings is 1. The molecule has 94 valence electrons. The van der Waals surface area contributed by atoms with Gasteiger partial charge in [-0.15, -0.1) is 0 Å². The summed E-state index contributed by atoms with van der Waals surface area (Å²) in [5, 5.41) is 9.22. The minimum Gasteiger partial charge on any atom is -0.395 e. The normalized spacial score (nSPS) is 10.3. The highest BCUT2D eigenvalue weighted by atomic mass is 35.5. The van der Waals surface area contributed by atoms with E-state index in [4.69, 9.17) is 21.4 Å². The Morgan fingerprint density at radius 1 is 1.59 bits per heavy atom. The number of rotatable bonds is 6. The molecule has 1 heterocycles. The molecule has 1 amide bonds. The van der Waals surface area contributed by atoms with Crippen molar-refractivity contribution in [1.29, 1.82) is 0 Å². The van der Waals surface area contributed by atoms with E-state index in [9.17, 15) is 4.79 Å². The molecule has 0 atom stereocenters. The van der Waals surface area contributed by atoms with Crippen LogP contribution in [0.4, 0.5) is 0 Å². The molecule has 1 N–H and O–H groups in total. The van der Waals surface area contributed by atoms with Gasteiger partial charge in [0.1, 0.15) is 0 Å². The van der Waals surface area contributed by atoms with Crippen LogP contribution in [0.25, 0.3) is 0 Å². The molecular weight excluding hydrogens is 244 g/mol. The van der Waals surface area contributed by atoms with E-state index < -0.39 is 0 Å². The van der Waals surface area contributed by atoms with Crippen LogP contribution in [0.3, 0.4) is 0 Å². The lowest BCUT2D eigenvalue weighted by Gasteiger charge is -2.21. The van der Waals surface area contributed by atoms with E-state index in [1.807, 2.05) is 0 Å². The molecule has 0 spiro atoms. The second-order valence-corrected chi connectivity index (χ2v) is 3.77. The Balaban J connectivity index is 2.80. The maximum absolute atomic E-state index is 12.1. The number of aliphatic hydroxyl groups is 1. The molecule has 0 aliphatic rings. The lowest BCUT2D eigenvalue weighted by Crippen LogP contribution is -2.36. The van der Waals surface area contributed by atoms with Crippen molar-refractivity contribution in [3.63, 3.8) is 0 Å². The second-order valence-electron chi connectivity index (χ2n) is 3.36. The smallest absolute Gasteiger partial charge is 0.255 e. The van der Waals surface area contributed by atoms with E-state index >= 15 is 0 Å². The molecule has 0 radical (unpaired) electrons. The van der Waals surface area contributed by atoms with Crippen LogP contribution in [0, 0.1) is 0 Å². The van der Waals surface area contributed by atoms with E-state index in [0.29, 0.717) is 23.7 Å². The van der Waals surface area contributed by atoms with Crippen molar-refractivity contribution in [2.45, 2.75) is 0 Å². The van der Waals surface area contributed by atoms with Gasteiger partial charge in [0.2, 0.25) is 0 Å². The molecule has 0 bridgehead atoms. The minimum absolute atomic E-state index is 0.0991. The maximum Gasteiger partial charge on any atom is 0.255 e. The molecule has 0 aliphatic heterocycles. The molecule has 1 aromatic rings. The topological polar surface area (TPSA) is 62.7 Å². The van der Waals surface area contributed by atoms with E-state index in [0.717, 1.165) is 0 Å². The van der Waals surface area contributed by atoms with Crippen molar-refractivity contribution in [3.8, 4) is 0 Å². The number of ether oxygens (including phenoxy) is 1. The van der Waals surface area contributed by atoms with Crippen molar-refractivity contribution in [2.24, 2.45) is 0 Å². The summed E-state index contributed by atoms with van der Waals surface area (Å²) >= 11 is 5.89. The second kappa shape index (κ2) is 7.21. The molecule has 0 fully saturated rings. The summed E-state index contributed by atoms with van der Waals surface area (Å²) in [4.78, 5) is 17.4. The zero-order valence-corrected chi connectivity index (χ0v) is 10.4. The Bertz CT molecular complexity index is 373. The number of amides is 1. The monoisotopic (exact) mass is 258 g/mol. The van der Waals surface area contributed by atoms with E-state index in [1.54, 1.807) is 13.2 Å². The molecule has 0 aromatic carbocycles. The molecule has 1 rings (SSSR count). The van der Waals surface area contributed by atoms with Gasteiger partial charge >= 0.3 is 0 Å². The van der Waals surface area contributed by atoms with Gasteiger partial charge in [0.15, 0.2) is 0 Å². The summed E-state index contributed by atoms with van der Waals surface area (Å²) in [5.41, 5.74) is 0.381. The average Bonchev–Trinajstić information content (AvgIpc) is 2.34. The number of halogens is 1. The van der Waals surface area contributed by atoms with Crippen molar-refractivity contribution in [3.05, 3.63) is 29.0 Å². The summed E-state index contributed by atoms with van der Waals surface area (Å²) in [6, 6.07) is 1.56. The lowest BCUT2D eigenvalue weighted by atomic mass is 10.2. The first-order valence-corrected chi connectivity index (χ1v) is 5.57. The van der Waals surface area contributed by atoms with Crippen molar-refractivity contribution in [2.75, 3.05) is 33.4 Å². The summed E-state index contributed by atoms with van der Waals surface area (Å²) in [5.74, 6) is -0.233. The van der Waals surface area contributed by atoms with E-state index in [2.05, 4.69) is 4.98 Å². The number of carbonyl (C=O) groups excluding carboxylic acids is 1. The first-order valence-electron chi connectivity index (χ1n) is 5.19. The predicted molar refractivity (Wildman–Crippen MR) is 64.1 cm³/mol. The Labute approximate surface area is 105 Å². The van der Waals surface area contributed by atoms with Gasteiger partial charge in [0.05, 0.1) is 23.8 Å². The Morgan fingerprint density at radius 2 is 2.35 bits per heavy atom. The molecule has 0 aliphatic carbocycles. The standard InChI is InChI=1S/C11H15ClN2O3/c1-17-7-5-14(4-6-15)11(16)9-2-3-13-8-10(9)12/h2-3,8,15H,4-7H2,1H3. The molecule has 0 saturated heterocycles. The van der Waals surface area contributed by atoms with Crippen LogP contribution in [0.5, 0.6) is 0 Å². The summed E-state index contributed by atoms with van der Waals surface area (Å²) in [6.07, 6.45) is 2.93. The number of hydrogen-bond acceptors (Lipinski definition) is 4. The molecule has 5 nitrogen and oxygen atoms in total. The number of nitrogens with zero attached hydrogens (tertiary/aromatic N) is 2. The van der Waals surface area contributed by atoms with Crippen LogP contribution in [-0.2, 0) is 4.74 Å². The molecule has 1 aromatic heterocycles. The van der Waals surface area contributed by atoms with Gasteiger partial charge in [-0.25, -0.2) is 0 Å². The predicted octanol–water partition coefficient (Wildman–Crippen LogP) is 0.816. The fraction of sp³-hybridized carbons (Fsp3) is 0.455. The van der Waals surface area contributed by atoms with Crippen LogP contribution in [0.2, 0.25) is 5.02 Å². The van der Waals surface area contributed by atoms with Gasteiger partial charge in [-0.2, -0.15) is 0 Å². The van der Waals surface area contributed by atoms with Gasteiger partial charge in [-0.05, 0) is 6.07 Å². The third-order valence-corrected chi connectivity index (χ3v) is 2.53. The maximum atomic E-state index is 12.1. The molecule has 0 unspecified atom stereocenters. The van der Waals surface area contributed by atoms with Crippen LogP contribution < -0.4 is 0 Å². The van der Waals surface area contributed by atoms with E-state index in [1.165, 1.54) is 17.3 Å². The Hall–Kier alpha value is -1.17. The number of aromatic nitrogens is 1. The summed E-state index contributed by atoms with van der Waals surface area (Å²) < 4.78 is 4.91. The van der Waals surface area contributed by atoms with Crippen molar-refractivity contribution >= 4 is 17.5 Å². The van der Waals surface area contributed by atoms with Gasteiger partial charge in [-0.3, -0.25) is 9.78 Å². The lowest BCUT2D eigenvalue weighted by molar-refractivity contribution is 0.0656. The average molecular weight is 259 g/mol. The van der Waals surface area contributed by atoms with Crippen LogP contribution in [-0.4, -0.2) is 54.3 Å².